The number of benzene rings is 2. The van der Waals surface area contributed by atoms with Crippen LogP contribution < -0.4 is 16.0 Å². The molecule has 4 heterocycles. The predicted molar refractivity (Wildman–Crippen MR) is 179 cm³/mol. The van der Waals surface area contributed by atoms with Crippen molar-refractivity contribution in [2.45, 2.75) is 89.0 Å². The van der Waals surface area contributed by atoms with Gasteiger partial charge in [0.05, 0.1) is 12.3 Å². The first-order valence-electron chi connectivity index (χ1n) is 16.7. The number of rotatable bonds is 10. The zero-order valence-corrected chi connectivity index (χ0v) is 28.0. The number of fused-ring (bicyclic) bond motifs is 1. The van der Waals surface area contributed by atoms with E-state index < -0.39 is 21.8 Å². The highest BCUT2D eigenvalue weighted by molar-refractivity contribution is 7.88. The molecule has 0 aromatic heterocycles. The second kappa shape index (κ2) is 13.5. The Balaban J connectivity index is 0.963. The van der Waals surface area contributed by atoms with Crippen molar-refractivity contribution in [3.05, 3.63) is 59.2 Å². The summed E-state index contributed by atoms with van der Waals surface area (Å²) in [7, 11) is -3.50. The maximum atomic E-state index is 13.3. The van der Waals surface area contributed by atoms with Crippen LogP contribution >= 0.6 is 0 Å². The summed E-state index contributed by atoms with van der Waals surface area (Å²) in [5.74, 6) is -0.536. The molecule has 3 saturated heterocycles. The number of sulfonamides is 1. The standard InChI is InChI=1S/C34H46N6O6S/c1-34(2)14-3-4-15-40(34)47(45,46)22-23-6-5-7-27(18-23)36-32(43)24-12-16-38(17-13-24)31(42)20-35-26-8-9-28-25(19-26)21-39(33(28)44)29-10-11-30(41)37-29/h5-9,18-19,24,29,31,35,42H,3-4,10-17,20-22H2,1-2H3,(H,36,43)(H,37,41). The number of carbonyl (C=O) groups is 3. The van der Waals surface area contributed by atoms with Gasteiger partial charge >= 0.3 is 0 Å². The first-order valence-corrected chi connectivity index (χ1v) is 18.3. The van der Waals surface area contributed by atoms with Gasteiger partial charge in [0, 0.05) is 61.0 Å². The van der Waals surface area contributed by atoms with Crippen LogP contribution in [0, 0.1) is 5.92 Å². The number of hydrogen-bond acceptors (Lipinski definition) is 8. The monoisotopic (exact) mass is 666 g/mol. The Morgan fingerprint density at radius 2 is 1.83 bits per heavy atom. The van der Waals surface area contributed by atoms with Gasteiger partial charge in [0.25, 0.3) is 5.91 Å². The van der Waals surface area contributed by atoms with E-state index in [2.05, 4.69) is 16.0 Å². The SMILES string of the molecule is CC1(C)CCCCN1S(=O)(=O)Cc1cccc(NC(=O)C2CCN(C(O)CNc3ccc4c(c3)CN(C3CCC(=O)N3)C4=O)CC2)c1. The minimum absolute atomic E-state index is 0.0349. The fourth-order valence-corrected chi connectivity index (χ4v) is 9.37. The molecule has 0 bridgehead atoms. The maximum Gasteiger partial charge on any atom is 0.256 e. The van der Waals surface area contributed by atoms with Crippen LogP contribution in [0.1, 0.15) is 80.3 Å². The first-order chi connectivity index (χ1) is 22.4. The zero-order valence-electron chi connectivity index (χ0n) is 27.2. The van der Waals surface area contributed by atoms with Gasteiger partial charge in [-0.05, 0) is 87.4 Å². The Morgan fingerprint density at radius 3 is 2.55 bits per heavy atom. The maximum absolute atomic E-state index is 13.3. The van der Waals surface area contributed by atoms with Crippen molar-refractivity contribution >= 4 is 39.1 Å². The van der Waals surface area contributed by atoms with Crippen LogP contribution in [-0.2, 0) is 31.9 Å². The molecule has 12 nitrogen and oxygen atoms in total. The highest BCUT2D eigenvalue weighted by atomic mass is 32.2. The molecule has 13 heteroatoms. The average molecular weight is 667 g/mol. The zero-order chi connectivity index (χ0) is 33.3. The largest absolute Gasteiger partial charge is 0.381 e. The molecule has 47 heavy (non-hydrogen) atoms. The number of anilines is 2. The molecular formula is C34H46N6O6S. The van der Waals surface area contributed by atoms with Crippen molar-refractivity contribution in [3.63, 3.8) is 0 Å². The lowest BCUT2D eigenvalue weighted by Crippen LogP contribution is -2.50. The van der Waals surface area contributed by atoms with Crippen LogP contribution in [-0.4, -0.2) is 89.5 Å². The summed E-state index contributed by atoms with van der Waals surface area (Å²) in [5.41, 5.74) is 3.15. The van der Waals surface area contributed by atoms with Gasteiger partial charge in [-0.25, -0.2) is 8.42 Å². The number of aliphatic hydroxyl groups is 1. The molecule has 4 aliphatic heterocycles. The van der Waals surface area contributed by atoms with Gasteiger partial charge in [0.2, 0.25) is 21.8 Å². The Kier molecular flexibility index (Phi) is 9.62. The van der Waals surface area contributed by atoms with Crippen molar-refractivity contribution in [1.29, 1.82) is 0 Å². The van der Waals surface area contributed by atoms with Crippen molar-refractivity contribution in [3.8, 4) is 0 Å². The van der Waals surface area contributed by atoms with E-state index in [0.29, 0.717) is 68.7 Å². The van der Waals surface area contributed by atoms with E-state index in [0.717, 1.165) is 30.5 Å². The summed E-state index contributed by atoms with van der Waals surface area (Å²) >= 11 is 0. The summed E-state index contributed by atoms with van der Waals surface area (Å²) < 4.78 is 28.2. The molecule has 2 unspecified atom stereocenters. The van der Waals surface area contributed by atoms with Gasteiger partial charge in [0.15, 0.2) is 0 Å². The minimum Gasteiger partial charge on any atom is -0.381 e. The predicted octanol–water partition coefficient (Wildman–Crippen LogP) is 3.05. The Bertz CT molecular complexity index is 1620. The van der Waals surface area contributed by atoms with Gasteiger partial charge in [-0.15, -0.1) is 0 Å². The number of amides is 3. The third-order valence-corrected chi connectivity index (χ3v) is 12.1. The van der Waals surface area contributed by atoms with Gasteiger partial charge in [-0.1, -0.05) is 18.6 Å². The quantitative estimate of drug-likeness (QED) is 0.302. The summed E-state index contributed by atoms with van der Waals surface area (Å²) in [4.78, 5) is 41.3. The van der Waals surface area contributed by atoms with Crippen LogP contribution in [0.5, 0.6) is 0 Å². The van der Waals surface area contributed by atoms with Crippen molar-refractivity contribution < 1.29 is 27.9 Å². The van der Waals surface area contributed by atoms with E-state index >= 15 is 0 Å². The number of nitrogens with one attached hydrogen (secondary N) is 3. The molecule has 2 aromatic carbocycles. The molecule has 3 fully saturated rings. The molecule has 4 aliphatic rings. The van der Waals surface area contributed by atoms with Crippen LogP contribution in [0.3, 0.4) is 0 Å². The fraction of sp³-hybridized carbons (Fsp3) is 0.559. The molecule has 3 amide bonds. The van der Waals surface area contributed by atoms with Crippen LogP contribution in [0.15, 0.2) is 42.5 Å². The van der Waals surface area contributed by atoms with E-state index in [1.807, 2.05) is 30.9 Å². The highest BCUT2D eigenvalue weighted by Crippen LogP contribution is 2.32. The number of nitrogens with zero attached hydrogens (tertiary/aromatic N) is 3. The number of carbonyl (C=O) groups excluding carboxylic acids is 3. The third kappa shape index (κ3) is 7.48. The van der Waals surface area contributed by atoms with Crippen LogP contribution in [0.4, 0.5) is 11.4 Å². The molecule has 4 N–H and O–H groups in total. The van der Waals surface area contributed by atoms with Crippen LogP contribution in [0.2, 0.25) is 0 Å². The molecule has 6 rings (SSSR count). The molecule has 0 radical (unpaired) electrons. The van der Waals surface area contributed by atoms with Crippen molar-refractivity contribution in [1.82, 2.24) is 19.4 Å². The summed E-state index contributed by atoms with van der Waals surface area (Å²) in [5, 5.41) is 20.0. The number of likely N-dealkylation sites (tertiary alicyclic amines) is 1. The molecule has 0 spiro atoms. The molecule has 254 valence electrons. The lowest BCUT2D eigenvalue weighted by Gasteiger charge is -2.41. The lowest BCUT2D eigenvalue weighted by atomic mass is 9.93. The average Bonchev–Trinajstić information content (AvgIpc) is 3.61. The normalized spacial score (nSPS) is 23.0. The third-order valence-electron chi connectivity index (χ3n) is 10.1. The smallest absolute Gasteiger partial charge is 0.256 e. The number of aliphatic hydroxyl groups excluding tert-OH is 1. The Morgan fingerprint density at radius 1 is 1.04 bits per heavy atom. The van der Waals surface area contributed by atoms with E-state index in [-0.39, 0.29) is 42.1 Å². The van der Waals surface area contributed by atoms with Crippen molar-refractivity contribution in [2.24, 2.45) is 5.92 Å². The Labute approximate surface area is 276 Å². The second-order valence-corrected chi connectivity index (χ2v) is 15.8. The van der Waals surface area contributed by atoms with E-state index in [4.69, 9.17) is 0 Å². The molecule has 0 saturated carbocycles. The number of hydrogen-bond donors (Lipinski definition) is 4. The van der Waals surface area contributed by atoms with Gasteiger partial charge in [-0.3, -0.25) is 19.3 Å². The fourth-order valence-electron chi connectivity index (χ4n) is 7.36. The Hall–Kier alpha value is -3.52. The second-order valence-electron chi connectivity index (χ2n) is 13.9. The highest BCUT2D eigenvalue weighted by Gasteiger charge is 2.38. The lowest BCUT2D eigenvalue weighted by molar-refractivity contribution is -0.122. The molecule has 2 atom stereocenters. The minimum atomic E-state index is -3.50. The molecule has 2 aromatic rings. The summed E-state index contributed by atoms with van der Waals surface area (Å²) in [6.45, 7) is 6.34. The molecular weight excluding hydrogens is 620 g/mol. The van der Waals surface area contributed by atoms with Gasteiger partial charge in [-0.2, -0.15) is 4.31 Å². The summed E-state index contributed by atoms with van der Waals surface area (Å²) in [6, 6.07) is 12.6. The van der Waals surface area contributed by atoms with Crippen molar-refractivity contribution in [2.75, 3.05) is 36.8 Å². The van der Waals surface area contributed by atoms with Crippen LogP contribution in [0.25, 0.3) is 0 Å². The summed E-state index contributed by atoms with van der Waals surface area (Å²) in [6.07, 6.45) is 3.95. The van der Waals surface area contributed by atoms with Gasteiger partial charge in [0.1, 0.15) is 12.4 Å². The van der Waals surface area contributed by atoms with E-state index in [1.165, 1.54) is 0 Å². The van der Waals surface area contributed by atoms with Gasteiger partial charge < -0.3 is 26.0 Å². The topological polar surface area (TPSA) is 151 Å². The van der Waals surface area contributed by atoms with E-state index in [1.54, 1.807) is 39.5 Å². The first kappa shape index (κ1) is 33.4. The van der Waals surface area contributed by atoms with E-state index in [9.17, 15) is 27.9 Å². The number of piperidine rings is 2. The molecule has 0 aliphatic carbocycles.